The summed E-state index contributed by atoms with van der Waals surface area (Å²) in [4.78, 5) is 4.01. The minimum atomic E-state index is -4.67. The molecule has 2 aromatic rings. The third kappa shape index (κ3) is 4.70. The maximum absolute atomic E-state index is 12.0. The Morgan fingerprint density at radius 2 is 1.65 bits per heavy atom. The van der Waals surface area contributed by atoms with Crippen LogP contribution in [0.3, 0.4) is 0 Å². The monoisotopic (exact) mass is 343 g/mol. The number of hydrogen-bond donors (Lipinski definition) is 0. The minimum Gasteiger partial charge on any atom is -0.406 e. The first-order valence-corrected chi connectivity index (χ1v) is 6.36. The largest absolute Gasteiger partial charge is 0.573 e. The van der Waals surface area contributed by atoms with Gasteiger partial charge in [0.1, 0.15) is 5.75 Å². The molecule has 0 unspecified atom stereocenters. The molecule has 0 saturated carbocycles. The van der Waals surface area contributed by atoms with E-state index in [9.17, 15) is 13.2 Å². The smallest absolute Gasteiger partial charge is 0.406 e. The normalized spacial score (nSPS) is 11.8. The predicted octanol–water partition coefficient (Wildman–Crippen LogP) is 4.91. The van der Waals surface area contributed by atoms with Gasteiger partial charge >= 0.3 is 6.36 Å². The van der Waals surface area contributed by atoms with Crippen molar-refractivity contribution in [1.82, 2.24) is 4.98 Å². The van der Waals surface area contributed by atoms with Gasteiger partial charge in [0.15, 0.2) is 0 Å². The fourth-order valence-corrected chi connectivity index (χ4v) is 1.88. The van der Waals surface area contributed by atoms with E-state index >= 15 is 0 Å². The second-order valence-electron chi connectivity index (χ2n) is 3.89. The average molecular weight is 344 g/mol. The van der Waals surface area contributed by atoms with Crippen molar-refractivity contribution in [3.8, 4) is 5.75 Å². The summed E-state index contributed by atoms with van der Waals surface area (Å²) in [5.41, 5.74) is 1.65. The van der Waals surface area contributed by atoms with Crippen LogP contribution in [0, 0.1) is 0 Å². The van der Waals surface area contributed by atoms with Gasteiger partial charge in [0, 0.05) is 16.9 Å². The first-order valence-electron chi connectivity index (χ1n) is 5.57. The number of rotatable bonds is 3. The second kappa shape index (κ2) is 6.09. The highest BCUT2D eigenvalue weighted by Gasteiger charge is 2.30. The molecule has 1 aromatic carbocycles. The Bertz CT molecular complexity index is 609. The Hall–Kier alpha value is -1.82. The van der Waals surface area contributed by atoms with Crippen LogP contribution in [-0.2, 0) is 0 Å². The Labute approximate surface area is 122 Å². The van der Waals surface area contributed by atoms with Crippen LogP contribution in [-0.4, -0.2) is 11.3 Å². The molecule has 104 valence electrons. The van der Waals surface area contributed by atoms with Crippen LogP contribution in [0.15, 0.2) is 47.2 Å². The van der Waals surface area contributed by atoms with Gasteiger partial charge in [-0.05, 0) is 45.3 Å². The van der Waals surface area contributed by atoms with Gasteiger partial charge in [-0.15, -0.1) is 13.2 Å². The molecular formula is C14H9BrF3NO. The zero-order chi connectivity index (χ0) is 14.6. The fourth-order valence-electron chi connectivity index (χ4n) is 1.49. The molecule has 0 saturated heterocycles. The summed E-state index contributed by atoms with van der Waals surface area (Å²) in [6.07, 6.45) is 2.28. The first kappa shape index (κ1) is 14.6. The van der Waals surface area contributed by atoms with Crippen molar-refractivity contribution in [3.05, 3.63) is 58.3 Å². The fraction of sp³-hybridized carbons (Fsp3) is 0.0714. The van der Waals surface area contributed by atoms with E-state index < -0.39 is 6.36 Å². The number of nitrogens with zero attached hydrogens (tertiary/aromatic N) is 1. The van der Waals surface area contributed by atoms with Gasteiger partial charge in [0.2, 0.25) is 0 Å². The van der Waals surface area contributed by atoms with Crippen LogP contribution in [0.2, 0.25) is 0 Å². The number of pyridine rings is 1. The molecule has 0 aliphatic carbocycles. The molecule has 0 atom stereocenters. The van der Waals surface area contributed by atoms with E-state index in [1.165, 1.54) is 12.1 Å². The molecule has 0 N–H and O–H groups in total. The van der Waals surface area contributed by atoms with Gasteiger partial charge in [-0.3, -0.25) is 4.98 Å². The minimum absolute atomic E-state index is 0.237. The van der Waals surface area contributed by atoms with Crippen LogP contribution in [0.25, 0.3) is 12.2 Å². The molecule has 0 aliphatic heterocycles. The summed E-state index contributed by atoms with van der Waals surface area (Å²) in [7, 11) is 0. The van der Waals surface area contributed by atoms with Crippen molar-refractivity contribution in [1.29, 1.82) is 0 Å². The maximum Gasteiger partial charge on any atom is 0.573 e. The molecule has 0 fully saturated rings. The lowest BCUT2D eigenvalue weighted by atomic mass is 10.1. The number of aromatic nitrogens is 1. The van der Waals surface area contributed by atoms with Gasteiger partial charge in [-0.25, -0.2) is 0 Å². The average Bonchev–Trinajstić information content (AvgIpc) is 2.36. The van der Waals surface area contributed by atoms with Crippen molar-refractivity contribution in [2.45, 2.75) is 6.36 Å². The van der Waals surface area contributed by atoms with Crippen molar-refractivity contribution in [3.63, 3.8) is 0 Å². The number of alkyl halides is 3. The van der Waals surface area contributed by atoms with E-state index in [-0.39, 0.29) is 5.75 Å². The van der Waals surface area contributed by atoms with E-state index in [2.05, 4.69) is 25.7 Å². The zero-order valence-corrected chi connectivity index (χ0v) is 11.6. The summed E-state index contributed by atoms with van der Waals surface area (Å²) in [5.74, 6) is -0.237. The van der Waals surface area contributed by atoms with Gasteiger partial charge in [-0.2, -0.15) is 0 Å². The molecule has 0 spiro atoms. The molecule has 1 aromatic heterocycles. The van der Waals surface area contributed by atoms with Crippen LogP contribution < -0.4 is 4.74 Å². The van der Waals surface area contributed by atoms with E-state index in [4.69, 9.17) is 0 Å². The summed E-state index contributed by atoms with van der Waals surface area (Å²) < 4.78 is 40.7. The number of ether oxygens (including phenoxy) is 1. The Balaban J connectivity index is 2.07. The molecule has 0 bridgehead atoms. The highest BCUT2D eigenvalue weighted by atomic mass is 79.9. The Morgan fingerprint density at radius 3 is 2.25 bits per heavy atom. The second-order valence-corrected chi connectivity index (χ2v) is 4.80. The topological polar surface area (TPSA) is 22.1 Å². The van der Waals surface area contributed by atoms with Crippen LogP contribution in [0.1, 0.15) is 11.1 Å². The highest BCUT2D eigenvalue weighted by molar-refractivity contribution is 9.10. The molecule has 1 heterocycles. The van der Waals surface area contributed by atoms with Crippen molar-refractivity contribution in [2.75, 3.05) is 0 Å². The van der Waals surface area contributed by atoms with Gasteiger partial charge < -0.3 is 4.74 Å². The van der Waals surface area contributed by atoms with E-state index in [0.717, 1.165) is 15.6 Å². The lowest BCUT2D eigenvalue weighted by Crippen LogP contribution is -2.16. The van der Waals surface area contributed by atoms with Crippen molar-refractivity contribution >= 4 is 28.1 Å². The van der Waals surface area contributed by atoms with Crippen LogP contribution in [0.4, 0.5) is 13.2 Å². The number of hydrogen-bond acceptors (Lipinski definition) is 2. The van der Waals surface area contributed by atoms with Gasteiger partial charge in [-0.1, -0.05) is 24.3 Å². The lowest BCUT2D eigenvalue weighted by Gasteiger charge is -2.08. The molecule has 2 nitrogen and oxygen atoms in total. The summed E-state index contributed by atoms with van der Waals surface area (Å²) in [5, 5.41) is 0. The predicted molar refractivity (Wildman–Crippen MR) is 74.0 cm³/mol. The van der Waals surface area contributed by atoms with Crippen molar-refractivity contribution in [2.24, 2.45) is 0 Å². The molecule has 6 heteroatoms. The standard InChI is InChI=1S/C14H9BrF3NO/c15-12-7-11(8-19-9-12)2-1-10-3-5-13(6-4-10)20-14(16,17)18/h1-9H. The SMILES string of the molecule is FC(F)(F)Oc1ccc(C=Cc2cncc(Br)c2)cc1. The van der Waals surface area contributed by atoms with E-state index in [1.807, 2.05) is 12.1 Å². The summed E-state index contributed by atoms with van der Waals surface area (Å²) in [6.45, 7) is 0. The highest BCUT2D eigenvalue weighted by Crippen LogP contribution is 2.23. The summed E-state index contributed by atoms with van der Waals surface area (Å²) >= 11 is 3.31. The number of halogens is 4. The first-order chi connectivity index (χ1) is 9.42. The van der Waals surface area contributed by atoms with Gasteiger partial charge in [0.05, 0.1) is 0 Å². The molecule has 0 amide bonds. The molecule has 0 radical (unpaired) electrons. The van der Waals surface area contributed by atoms with Crippen LogP contribution >= 0.6 is 15.9 Å². The Kier molecular flexibility index (Phi) is 4.44. The molecule has 20 heavy (non-hydrogen) atoms. The van der Waals surface area contributed by atoms with Crippen molar-refractivity contribution < 1.29 is 17.9 Å². The van der Waals surface area contributed by atoms with E-state index in [0.29, 0.717) is 0 Å². The lowest BCUT2D eigenvalue weighted by molar-refractivity contribution is -0.274. The van der Waals surface area contributed by atoms with Gasteiger partial charge in [0.25, 0.3) is 0 Å². The number of benzene rings is 1. The quantitative estimate of drug-likeness (QED) is 0.789. The molecular weight excluding hydrogens is 335 g/mol. The van der Waals surface area contributed by atoms with Crippen LogP contribution in [0.5, 0.6) is 5.75 Å². The zero-order valence-electron chi connectivity index (χ0n) is 10.1. The Morgan fingerprint density at radius 1 is 1.00 bits per heavy atom. The molecule has 2 rings (SSSR count). The third-order valence-corrected chi connectivity index (χ3v) is 2.74. The molecule has 0 aliphatic rings. The third-order valence-electron chi connectivity index (χ3n) is 2.31. The summed E-state index contributed by atoms with van der Waals surface area (Å²) in [6, 6.07) is 7.51. The maximum atomic E-state index is 12.0. The van der Waals surface area contributed by atoms with E-state index in [1.54, 1.807) is 30.6 Å².